The first-order chi connectivity index (χ1) is 10.2. The summed E-state index contributed by atoms with van der Waals surface area (Å²) in [5.41, 5.74) is 1.16. The predicted molar refractivity (Wildman–Crippen MR) is 89.0 cm³/mol. The molecule has 21 heavy (non-hydrogen) atoms. The molecule has 0 amide bonds. The fourth-order valence-electron chi connectivity index (χ4n) is 1.91. The van der Waals surface area contributed by atoms with Crippen molar-refractivity contribution in [3.8, 4) is 5.75 Å². The average molecular weight is 360 g/mol. The highest BCUT2D eigenvalue weighted by Crippen LogP contribution is 2.28. The normalized spacial score (nSPS) is 12.4. The molecule has 0 aliphatic heterocycles. The SMILES string of the molecule is CCCNC(C)c1cc(Br)ccc1OCCOCCOC. The zero-order valence-corrected chi connectivity index (χ0v) is 14.7. The highest BCUT2D eigenvalue weighted by atomic mass is 79.9. The number of methoxy groups -OCH3 is 1. The number of nitrogens with one attached hydrogen (secondary N) is 1. The minimum Gasteiger partial charge on any atom is -0.491 e. The second-order valence-corrected chi connectivity index (χ2v) is 5.73. The molecule has 1 N–H and O–H groups in total. The van der Waals surface area contributed by atoms with Gasteiger partial charge < -0.3 is 19.5 Å². The van der Waals surface area contributed by atoms with Crippen LogP contribution in [0.25, 0.3) is 0 Å². The van der Waals surface area contributed by atoms with Crippen LogP contribution in [0.15, 0.2) is 22.7 Å². The van der Waals surface area contributed by atoms with Crippen molar-refractivity contribution in [3.05, 3.63) is 28.2 Å². The van der Waals surface area contributed by atoms with Crippen molar-refractivity contribution in [1.82, 2.24) is 5.32 Å². The van der Waals surface area contributed by atoms with Gasteiger partial charge in [-0.05, 0) is 38.1 Å². The lowest BCUT2D eigenvalue weighted by molar-refractivity contribution is 0.0542. The molecular weight excluding hydrogens is 334 g/mol. The Labute approximate surface area is 136 Å². The number of ether oxygens (including phenoxy) is 3. The fraction of sp³-hybridized carbons (Fsp3) is 0.625. The Bertz CT molecular complexity index is 401. The van der Waals surface area contributed by atoms with E-state index in [-0.39, 0.29) is 6.04 Å². The van der Waals surface area contributed by atoms with Crippen molar-refractivity contribution in [2.45, 2.75) is 26.3 Å². The molecule has 0 saturated heterocycles. The summed E-state index contributed by atoms with van der Waals surface area (Å²) in [6.45, 7) is 7.62. The zero-order valence-electron chi connectivity index (χ0n) is 13.2. The maximum absolute atomic E-state index is 5.85. The maximum atomic E-state index is 5.85. The first-order valence-electron chi connectivity index (χ1n) is 7.41. The number of hydrogen-bond acceptors (Lipinski definition) is 4. The lowest BCUT2D eigenvalue weighted by atomic mass is 10.1. The van der Waals surface area contributed by atoms with E-state index in [2.05, 4.69) is 41.2 Å². The third kappa shape index (κ3) is 7.27. The van der Waals surface area contributed by atoms with Crippen molar-refractivity contribution in [3.63, 3.8) is 0 Å². The Hall–Kier alpha value is -0.620. The van der Waals surface area contributed by atoms with E-state index in [9.17, 15) is 0 Å². The van der Waals surface area contributed by atoms with E-state index in [1.807, 2.05) is 12.1 Å². The van der Waals surface area contributed by atoms with Gasteiger partial charge in [0.25, 0.3) is 0 Å². The molecule has 1 unspecified atom stereocenters. The molecule has 0 heterocycles. The van der Waals surface area contributed by atoms with Crippen molar-refractivity contribution in [2.24, 2.45) is 0 Å². The topological polar surface area (TPSA) is 39.7 Å². The summed E-state index contributed by atoms with van der Waals surface area (Å²) in [6.07, 6.45) is 1.11. The molecule has 1 rings (SSSR count). The molecule has 0 aliphatic carbocycles. The maximum Gasteiger partial charge on any atom is 0.124 e. The van der Waals surface area contributed by atoms with Crippen LogP contribution in [-0.2, 0) is 9.47 Å². The van der Waals surface area contributed by atoms with Crippen LogP contribution in [0.1, 0.15) is 31.9 Å². The van der Waals surface area contributed by atoms with Gasteiger partial charge in [-0.3, -0.25) is 0 Å². The van der Waals surface area contributed by atoms with E-state index in [4.69, 9.17) is 14.2 Å². The number of halogens is 1. The summed E-state index contributed by atoms with van der Waals surface area (Å²) >= 11 is 3.52. The second kappa shape index (κ2) is 11.0. The van der Waals surface area contributed by atoms with Crippen LogP contribution in [0.3, 0.4) is 0 Å². The molecule has 1 aromatic carbocycles. The third-order valence-electron chi connectivity index (χ3n) is 3.06. The van der Waals surface area contributed by atoms with Gasteiger partial charge in [0.05, 0.1) is 19.8 Å². The van der Waals surface area contributed by atoms with Gasteiger partial charge in [0, 0.05) is 23.2 Å². The number of benzene rings is 1. The Morgan fingerprint density at radius 3 is 2.67 bits per heavy atom. The van der Waals surface area contributed by atoms with Crippen LogP contribution in [0.2, 0.25) is 0 Å². The van der Waals surface area contributed by atoms with E-state index in [0.29, 0.717) is 26.4 Å². The van der Waals surface area contributed by atoms with Gasteiger partial charge in [-0.2, -0.15) is 0 Å². The largest absolute Gasteiger partial charge is 0.491 e. The van der Waals surface area contributed by atoms with Gasteiger partial charge in [-0.15, -0.1) is 0 Å². The molecule has 1 aromatic rings. The summed E-state index contributed by atoms with van der Waals surface area (Å²) in [4.78, 5) is 0. The van der Waals surface area contributed by atoms with Gasteiger partial charge in [-0.1, -0.05) is 22.9 Å². The van der Waals surface area contributed by atoms with Gasteiger partial charge in [-0.25, -0.2) is 0 Å². The van der Waals surface area contributed by atoms with Crippen molar-refractivity contribution >= 4 is 15.9 Å². The van der Waals surface area contributed by atoms with Crippen molar-refractivity contribution < 1.29 is 14.2 Å². The lowest BCUT2D eigenvalue weighted by Gasteiger charge is -2.18. The van der Waals surface area contributed by atoms with E-state index in [0.717, 1.165) is 28.8 Å². The van der Waals surface area contributed by atoms with E-state index in [1.165, 1.54) is 0 Å². The molecule has 0 fully saturated rings. The highest BCUT2D eigenvalue weighted by molar-refractivity contribution is 9.10. The third-order valence-corrected chi connectivity index (χ3v) is 3.55. The van der Waals surface area contributed by atoms with E-state index >= 15 is 0 Å². The monoisotopic (exact) mass is 359 g/mol. The van der Waals surface area contributed by atoms with Crippen LogP contribution in [0.4, 0.5) is 0 Å². The van der Waals surface area contributed by atoms with E-state index < -0.39 is 0 Å². The lowest BCUT2D eigenvalue weighted by Crippen LogP contribution is -2.20. The molecular formula is C16H26BrNO3. The Balaban J connectivity index is 2.52. The van der Waals surface area contributed by atoms with Crippen molar-refractivity contribution in [2.75, 3.05) is 40.1 Å². The van der Waals surface area contributed by atoms with Crippen LogP contribution < -0.4 is 10.1 Å². The molecule has 1 atom stereocenters. The molecule has 4 nitrogen and oxygen atoms in total. The average Bonchev–Trinajstić information content (AvgIpc) is 2.49. The Kier molecular flexibility index (Phi) is 9.67. The smallest absolute Gasteiger partial charge is 0.124 e. The first kappa shape index (κ1) is 18.4. The molecule has 120 valence electrons. The van der Waals surface area contributed by atoms with Gasteiger partial charge in [0.15, 0.2) is 0 Å². The van der Waals surface area contributed by atoms with E-state index in [1.54, 1.807) is 7.11 Å². The minimum absolute atomic E-state index is 0.256. The summed E-state index contributed by atoms with van der Waals surface area (Å²) in [7, 11) is 1.67. The summed E-state index contributed by atoms with van der Waals surface area (Å²) in [5.74, 6) is 0.907. The summed E-state index contributed by atoms with van der Waals surface area (Å²) < 4.78 is 17.2. The summed E-state index contributed by atoms with van der Waals surface area (Å²) in [6, 6.07) is 6.36. The summed E-state index contributed by atoms with van der Waals surface area (Å²) in [5, 5.41) is 3.49. The Morgan fingerprint density at radius 1 is 1.19 bits per heavy atom. The van der Waals surface area contributed by atoms with Gasteiger partial charge in [0.2, 0.25) is 0 Å². The molecule has 0 aliphatic rings. The van der Waals surface area contributed by atoms with Crippen LogP contribution in [0, 0.1) is 0 Å². The molecule has 5 heteroatoms. The molecule has 0 aromatic heterocycles. The minimum atomic E-state index is 0.256. The first-order valence-corrected chi connectivity index (χ1v) is 8.20. The second-order valence-electron chi connectivity index (χ2n) is 4.81. The molecule has 0 radical (unpaired) electrons. The molecule has 0 bridgehead atoms. The predicted octanol–water partition coefficient (Wildman–Crippen LogP) is 3.55. The van der Waals surface area contributed by atoms with Crippen LogP contribution in [-0.4, -0.2) is 40.1 Å². The highest BCUT2D eigenvalue weighted by Gasteiger charge is 2.11. The number of rotatable bonds is 11. The molecule has 0 spiro atoms. The number of hydrogen-bond donors (Lipinski definition) is 1. The van der Waals surface area contributed by atoms with Gasteiger partial charge >= 0.3 is 0 Å². The fourth-order valence-corrected chi connectivity index (χ4v) is 2.29. The quantitative estimate of drug-likeness (QED) is 0.613. The van der Waals surface area contributed by atoms with Gasteiger partial charge in [0.1, 0.15) is 12.4 Å². The Morgan fingerprint density at radius 2 is 1.95 bits per heavy atom. The zero-order chi connectivity index (χ0) is 15.5. The molecule has 0 saturated carbocycles. The van der Waals surface area contributed by atoms with Crippen LogP contribution >= 0.6 is 15.9 Å². The standard InChI is InChI=1S/C16H26BrNO3/c1-4-7-18-13(2)15-12-14(17)5-6-16(15)21-11-10-20-9-8-19-3/h5-6,12-13,18H,4,7-11H2,1-3H3. The van der Waals surface area contributed by atoms with Crippen molar-refractivity contribution in [1.29, 1.82) is 0 Å². The van der Waals surface area contributed by atoms with Crippen LogP contribution in [0.5, 0.6) is 5.75 Å².